The molecule has 122 valence electrons. The summed E-state index contributed by atoms with van der Waals surface area (Å²) in [6.07, 6.45) is 2.67. The van der Waals surface area contributed by atoms with Gasteiger partial charge in [-0.15, -0.1) is 0 Å². The van der Waals surface area contributed by atoms with E-state index in [2.05, 4.69) is 5.32 Å². The Labute approximate surface area is 134 Å². The van der Waals surface area contributed by atoms with Crippen LogP contribution in [-0.4, -0.2) is 41.5 Å². The molecule has 0 spiro atoms. The number of carbonyl (C=O) groups excluding carboxylic acids is 2. The molecule has 0 bridgehead atoms. The molecule has 2 N–H and O–H groups in total. The third-order valence-corrected chi connectivity index (χ3v) is 3.37. The maximum atomic E-state index is 13.3. The Bertz CT molecular complexity index is 526. The summed E-state index contributed by atoms with van der Waals surface area (Å²) in [4.78, 5) is 25.3. The second kappa shape index (κ2) is 9.38. The highest BCUT2D eigenvalue weighted by molar-refractivity contribution is 6.39. The number of aliphatic hydroxyl groups excluding tert-OH is 1. The fourth-order valence-electron chi connectivity index (χ4n) is 1.89. The molecule has 1 rings (SSSR count). The Hall–Kier alpha value is -1.66. The highest BCUT2D eigenvalue weighted by Crippen LogP contribution is 2.18. The molecule has 0 atom stereocenters. The number of rotatable bonds is 7. The zero-order chi connectivity index (χ0) is 16.5. The predicted octanol–water partition coefficient (Wildman–Crippen LogP) is 2.43. The van der Waals surface area contributed by atoms with Gasteiger partial charge in [-0.3, -0.25) is 9.59 Å². The predicted molar refractivity (Wildman–Crippen MR) is 83.2 cm³/mol. The quantitative estimate of drug-likeness (QED) is 0.596. The molecule has 0 radical (unpaired) electrons. The second-order valence-electron chi connectivity index (χ2n) is 4.81. The number of hydrogen-bond donors (Lipinski definition) is 2. The van der Waals surface area contributed by atoms with E-state index in [1.165, 1.54) is 17.0 Å². The molecule has 0 aliphatic carbocycles. The van der Waals surface area contributed by atoms with Gasteiger partial charge < -0.3 is 15.3 Å². The van der Waals surface area contributed by atoms with Crippen LogP contribution in [0, 0.1) is 5.82 Å². The summed E-state index contributed by atoms with van der Waals surface area (Å²) in [6.45, 7) is 2.29. The number of hydrogen-bond acceptors (Lipinski definition) is 3. The van der Waals surface area contributed by atoms with Gasteiger partial charge in [-0.2, -0.15) is 0 Å². The fourth-order valence-corrected chi connectivity index (χ4v) is 2.01. The van der Waals surface area contributed by atoms with Gasteiger partial charge in [0.25, 0.3) is 0 Å². The van der Waals surface area contributed by atoms with Crippen LogP contribution >= 0.6 is 11.6 Å². The number of nitrogens with zero attached hydrogens (tertiary/aromatic N) is 1. The molecular weight excluding hydrogens is 311 g/mol. The van der Waals surface area contributed by atoms with E-state index in [1.807, 2.05) is 6.92 Å². The van der Waals surface area contributed by atoms with Crippen LogP contribution < -0.4 is 5.32 Å². The van der Waals surface area contributed by atoms with Crippen LogP contribution in [0.25, 0.3) is 0 Å². The third kappa shape index (κ3) is 5.61. The molecule has 1 aromatic carbocycles. The van der Waals surface area contributed by atoms with Crippen LogP contribution in [0.1, 0.15) is 26.2 Å². The van der Waals surface area contributed by atoms with E-state index in [1.54, 1.807) is 0 Å². The Morgan fingerprint density at radius 1 is 1.32 bits per heavy atom. The van der Waals surface area contributed by atoms with Gasteiger partial charge in [0.1, 0.15) is 5.82 Å². The lowest BCUT2D eigenvalue weighted by atomic mass is 10.2. The maximum Gasteiger partial charge on any atom is 0.313 e. The first-order chi connectivity index (χ1) is 10.5. The molecule has 0 aliphatic rings. The normalized spacial score (nSPS) is 10.4. The van der Waals surface area contributed by atoms with Crippen LogP contribution in [-0.2, 0) is 9.59 Å². The lowest BCUT2D eigenvalue weighted by Crippen LogP contribution is -2.41. The van der Waals surface area contributed by atoms with Crippen molar-refractivity contribution in [2.24, 2.45) is 0 Å². The van der Waals surface area contributed by atoms with Crippen molar-refractivity contribution in [1.29, 1.82) is 0 Å². The molecule has 1 aromatic rings. The summed E-state index contributed by atoms with van der Waals surface area (Å²) in [7, 11) is 0. The molecular formula is C15H20ClFN2O3. The number of anilines is 1. The Morgan fingerprint density at radius 2 is 2.05 bits per heavy atom. The average Bonchev–Trinajstić information content (AvgIpc) is 2.49. The monoisotopic (exact) mass is 330 g/mol. The Morgan fingerprint density at radius 3 is 2.64 bits per heavy atom. The lowest BCUT2D eigenvalue weighted by molar-refractivity contribution is -0.143. The van der Waals surface area contributed by atoms with Crippen LogP contribution in [0.5, 0.6) is 0 Å². The van der Waals surface area contributed by atoms with Crippen LogP contribution in [0.15, 0.2) is 18.2 Å². The molecule has 5 nitrogen and oxygen atoms in total. The van der Waals surface area contributed by atoms with Gasteiger partial charge in [0.2, 0.25) is 0 Å². The summed E-state index contributed by atoms with van der Waals surface area (Å²) in [5, 5.41) is 11.3. The number of aliphatic hydroxyl groups is 1. The highest BCUT2D eigenvalue weighted by Gasteiger charge is 2.21. The fraction of sp³-hybridized carbons (Fsp3) is 0.467. The molecule has 0 saturated heterocycles. The summed E-state index contributed by atoms with van der Waals surface area (Å²) in [6, 6.07) is 3.74. The number of carbonyl (C=O) groups is 2. The Kier molecular flexibility index (Phi) is 7.84. The van der Waals surface area contributed by atoms with Crippen LogP contribution in [0.4, 0.5) is 10.1 Å². The minimum atomic E-state index is -0.869. The van der Waals surface area contributed by atoms with Gasteiger partial charge in [-0.05, 0) is 24.6 Å². The van der Waals surface area contributed by atoms with Crippen molar-refractivity contribution in [2.45, 2.75) is 26.2 Å². The molecule has 22 heavy (non-hydrogen) atoms. The zero-order valence-electron chi connectivity index (χ0n) is 12.4. The number of unbranched alkanes of at least 4 members (excludes halogenated alkanes) is 2. The van der Waals surface area contributed by atoms with E-state index in [4.69, 9.17) is 16.7 Å². The molecule has 7 heteroatoms. The first-order valence-electron chi connectivity index (χ1n) is 7.15. The Balaban J connectivity index is 2.67. The van der Waals surface area contributed by atoms with Gasteiger partial charge in [0.05, 0.1) is 11.6 Å². The van der Waals surface area contributed by atoms with Crippen LogP contribution in [0.2, 0.25) is 5.02 Å². The van der Waals surface area contributed by atoms with Crippen molar-refractivity contribution in [3.8, 4) is 0 Å². The zero-order valence-corrected chi connectivity index (χ0v) is 13.2. The second-order valence-corrected chi connectivity index (χ2v) is 5.21. The minimum absolute atomic E-state index is 0.0641. The molecule has 0 fully saturated rings. The van der Waals surface area contributed by atoms with Gasteiger partial charge >= 0.3 is 11.8 Å². The van der Waals surface area contributed by atoms with E-state index < -0.39 is 17.6 Å². The average molecular weight is 331 g/mol. The molecule has 0 heterocycles. The van der Waals surface area contributed by atoms with Crippen molar-refractivity contribution in [3.63, 3.8) is 0 Å². The van der Waals surface area contributed by atoms with Gasteiger partial charge in [0.15, 0.2) is 0 Å². The highest BCUT2D eigenvalue weighted by atomic mass is 35.5. The molecule has 0 aliphatic heterocycles. The standard InChI is InChI=1S/C15H20ClFN2O3/c1-2-3-4-7-19(8-9-20)15(22)14(21)18-11-5-6-12(16)13(17)10-11/h5-6,10,20H,2-4,7-9H2,1H3,(H,18,21). The molecule has 0 unspecified atom stereocenters. The van der Waals surface area contributed by atoms with Crippen molar-refractivity contribution >= 4 is 29.1 Å². The SMILES string of the molecule is CCCCCN(CCO)C(=O)C(=O)Nc1ccc(Cl)c(F)c1. The van der Waals surface area contributed by atoms with E-state index in [0.29, 0.717) is 6.54 Å². The van der Waals surface area contributed by atoms with E-state index >= 15 is 0 Å². The van der Waals surface area contributed by atoms with Crippen molar-refractivity contribution in [2.75, 3.05) is 25.0 Å². The summed E-state index contributed by atoms with van der Waals surface area (Å²) in [5.41, 5.74) is 0.151. The smallest absolute Gasteiger partial charge is 0.313 e. The topological polar surface area (TPSA) is 69.6 Å². The van der Waals surface area contributed by atoms with E-state index in [0.717, 1.165) is 25.3 Å². The maximum absolute atomic E-state index is 13.3. The van der Waals surface area contributed by atoms with Gasteiger partial charge in [-0.1, -0.05) is 31.4 Å². The van der Waals surface area contributed by atoms with Gasteiger partial charge in [-0.25, -0.2) is 4.39 Å². The van der Waals surface area contributed by atoms with E-state index in [-0.39, 0.29) is 23.9 Å². The summed E-state index contributed by atoms with van der Waals surface area (Å²) in [5.74, 6) is -2.30. The minimum Gasteiger partial charge on any atom is -0.395 e. The third-order valence-electron chi connectivity index (χ3n) is 3.06. The first kappa shape index (κ1) is 18.4. The number of nitrogens with one attached hydrogen (secondary N) is 1. The van der Waals surface area contributed by atoms with E-state index in [9.17, 15) is 14.0 Å². The number of amides is 2. The first-order valence-corrected chi connectivity index (χ1v) is 7.53. The van der Waals surface area contributed by atoms with Crippen molar-refractivity contribution in [1.82, 2.24) is 4.90 Å². The number of halogens is 2. The van der Waals surface area contributed by atoms with Crippen molar-refractivity contribution in [3.05, 3.63) is 29.0 Å². The van der Waals surface area contributed by atoms with Crippen LogP contribution in [0.3, 0.4) is 0 Å². The summed E-state index contributed by atoms with van der Waals surface area (Å²) >= 11 is 5.55. The molecule has 2 amide bonds. The largest absolute Gasteiger partial charge is 0.395 e. The summed E-state index contributed by atoms with van der Waals surface area (Å²) < 4.78 is 13.3. The lowest BCUT2D eigenvalue weighted by Gasteiger charge is -2.21. The number of benzene rings is 1. The van der Waals surface area contributed by atoms with Gasteiger partial charge in [0, 0.05) is 18.8 Å². The van der Waals surface area contributed by atoms with Crippen molar-refractivity contribution < 1.29 is 19.1 Å². The molecule has 0 aromatic heterocycles. The molecule has 0 saturated carbocycles.